The van der Waals surface area contributed by atoms with Crippen LogP contribution in [0, 0.1) is 0 Å². The molecule has 5 rings (SSSR count). The number of sulfonamides is 1. The molecule has 43 heavy (non-hydrogen) atoms. The monoisotopic (exact) mass is 596 g/mol. The maximum Gasteiger partial charge on any atom is 0.261 e. The minimum atomic E-state index is -3.68. The average Bonchev–Trinajstić information content (AvgIpc) is 3.02. The maximum atomic E-state index is 13.0. The Balaban J connectivity index is 1.19. The third-order valence-electron chi connectivity index (χ3n) is 6.82. The summed E-state index contributed by atoms with van der Waals surface area (Å²) in [5.74, 6) is 0.285. The van der Waals surface area contributed by atoms with Gasteiger partial charge in [0.1, 0.15) is 0 Å². The van der Waals surface area contributed by atoms with Gasteiger partial charge in [0.2, 0.25) is 11.9 Å². The molecule has 1 aliphatic heterocycles. The summed E-state index contributed by atoms with van der Waals surface area (Å²) >= 11 is 0. The second-order valence-electron chi connectivity index (χ2n) is 10.3. The zero-order valence-corrected chi connectivity index (χ0v) is 24.7. The molecule has 2 N–H and O–H groups in total. The van der Waals surface area contributed by atoms with Crippen molar-refractivity contribution in [3.63, 3.8) is 0 Å². The van der Waals surface area contributed by atoms with Gasteiger partial charge in [-0.05, 0) is 68.4 Å². The molecule has 4 aromatic rings. The largest absolute Gasteiger partial charge is 0.336 e. The highest BCUT2D eigenvalue weighted by Gasteiger charge is 2.24. The number of piperazine rings is 1. The van der Waals surface area contributed by atoms with Gasteiger partial charge in [-0.25, -0.2) is 18.4 Å². The molecular formula is C32H32N6O4S. The first-order valence-electron chi connectivity index (χ1n) is 13.8. The summed E-state index contributed by atoms with van der Waals surface area (Å²) in [7, 11) is -3.68. The van der Waals surface area contributed by atoms with E-state index in [1.165, 1.54) is 12.1 Å². The number of carbonyl (C=O) groups excluding carboxylic acids is 2. The summed E-state index contributed by atoms with van der Waals surface area (Å²) in [5.41, 5.74) is 4.12. The quantitative estimate of drug-likeness (QED) is 0.276. The topological polar surface area (TPSA) is 125 Å². The predicted molar refractivity (Wildman–Crippen MR) is 166 cm³/mol. The fraction of sp³-hybridized carbons (Fsp3) is 0.188. The van der Waals surface area contributed by atoms with E-state index in [4.69, 9.17) is 0 Å². The van der Waals surface area contributed by atoms with Crippen molar-refractivity contribution in [2.75, 3.05) is 36.2 Å². The fourth-order valence-corrected chi connectivity index (χ4v) is 5.66. The Bertz CT molecular complexity index is 1730. The molecule has 10 nitrogen and oxygen atoms in total. The lowest BCUT2D eigenvalue weighted by atomic mass is 10.1. The summed E-state index contributed by atoms with van der Waals surface area (Å²) in [6, 6.07) is 24.0. The van der Waals surface area contributed by atoms with Gasteiger partial charge in [-0.3, -0.25) is 14.3 Å². The van der Waals surface area contributed by atoms with E-state index in [1.54, 1.807) is 94.9 Å². The Kier molecular flexibility index (Phi) is 8.82. The van der Waals surface area contributed by atoms with Crippen LogP contribution in [0.1, 0.15) is 24.2 Å². The molecule has 0 unspecified atom stereocenters. The molecule has 0 aliphatic carbocycles. The van der Waals surface area contributed by atoms with Gasteiger partial charge in [-0.15, -0.1) is 0 Å². The molecule has 0 spiro atoms. The number of allylic oxidation sites excluding steroid dienone is 1. The summed E-state index contributed by atoms with van der Waals surface area (Å²) in [6.07, 6.45) is 3.26. The van der Waals surface area contributed by atoms with Crippen LogP contribution in [0.25, 0.3) is 11.3 Å². The van der Waals surface area contributed by atoms with Crippen molar-refractivity contribution < 1.29 is 18.0 Å². The zero-order valence-electron chi connectivity index (χ0n) is 23.9. The van der Waals surface area contributed by atoms with Gasteiger partial charge in [-0.1, -0.05) is 35.9 Å². The number of anilines is 3. The molecule has 0 radical (unpaired) electrons. The maximum absolute atomic E-state index is 13.0. The van der Waals surface area contributed by atoms with E-state index in [0.29, 0.717) is 49.1 Å². The Morgan fingerprint density at radius 2 is 1.42 bits per heavy atom. The molecular weight excluding hydrogens is 564 g/mol. The highest BCUT2D eigenvalue weighted by atomic mass is 32.2. The van der Waals surface area contributed by atoms with E-state index in [1.807, 2.05) is 13.8 Å². The number of amides is 2. The highest BCUT2D eigenvalue weighted by Crippen LogP contribution is 2.23. The van der Waals surface area contributed by atoms with Crippen molar-refractivity contribution in [3.8, 4) is 11.3 Å². The van der Waals surface area contributed by atoms with Crippen molar-refractivity contribution in [1.29, 1.82) is 0 Å². The lowest BCUT2D eigenvalue weighted by Crippen LogP contribution is -2.50. The molecule has 1 aromatic heterocycles. The number of aromatic nitrogens is 2. The summed E-state index contributed by atoms with van der Waals surface area (Å²) < 4.78 is 27.8. The number of carbonyl (C=O) groups is 2. The SMILES string of the molecule is CC(C)=CC(=O)N1CCN(C(=O)c2ccc(Nc3nccc(-c4ccc(NS(=O)(=O)c5ccccc5)cc4)n3)cc2)CC1. The number of nitrogens with zero attached hydrogens (tertiary/aromatic N) is 4. The van der Waals surface area contributed by atoms with Crippen LogP contribution in [0.15, 0.2) is 108 Å². The molecule has 3 aromatic carbocycles. The first-order chi connectivity index (χ1) is 20.7. The molecule has 0 atom stereocenters. The normalized spacial score (nSPS) is 13.3. The lowest BCUT2D eigenvalue weighted by molar-refractivity contribution is -0.127. The third kappa shape index (κ3) is 7.44. The molecule has 2 heterocycles. The van der Waals surface area contributed by atoms with Crippen LogP contribution in [0.2, 0.25) is 0 Å². The molecule has 1 saturated heterocycles. The number of nitrogens with one attached hydrogen (secondary N) is 2. The van der Waals surface area contributed by atoms with Gasteiger partial charge < -0.3 is 15.1 Å². The van der Waals surface area contributed by atoms with Gasteiger partial charge >= 0.3 is 0 Å². The highest BCUT2D eigenvalue weighted by molar-refractivity contribution is 7.92. The Morgan fingerprint density at radius 3 is 2.07 bits per heavy atom. The summed E-state index contributed by atoms with van der Waals surface area (Å²) in [5, 5.41) is 3.17. The van der Waals surface area contributed by atoms with Crippen LogP contribution in [0.5, 0.6) is 0 Å². The van der Waals surface area contributed by atoms with E-state index in [0.717, 1.165) is 16.8 Å². The second-order valence-corrected chi connectivity index (χ2v) is 12.0. The summed E-state index contributed by atoms with van der Waals surface area (Å²) in [6.45, 7) is 5.77. The van der Waals surface area contributed by atoms with Crippen LogP contribution in [-0.4, -0.2) is 66.2 Å². The van der Waals surface area contributed by atoms with Crippen molar-refractivity contribution >= 4 is 39.2 Å². The van der Waals surface area contributed by atoms with Crippen LogP contribution in [0.4, 0.5) is 17.3 Å². The Hall–Kier alpha value is -5.03. The van der Waals surface area contributed by atoms with Crippen molar-refractivity contribution in [2.45, 2.75) is 18.7 Å². The van der Waals surface area contributed by atoms with Gasteiger partial charge in [0.25, 0.3) is 15.9 Å². The minimum Gasteiger partial charge on any atom is -0.336 e. The first kappa shape index (κ1) is 29.5. The third-order valence-corrected chi connectivity index (χ3v) is 8.22. The number of rotatable bonds is 8. The van der Waals surface area contributed by atoms with Gasteiger partial charge in [0.15, 0.2) is 0 Å². The Morgan fingerprint density at radius 1 is 0.791 bits per heavy atom. The number of benzene rings is 3. The molecule has 220 valence electrons. The number of hydrogen-bond acceptors (Lipinski definition) is 7. The van der Waals surface area contributed by atoms with E-state index < -0.39 is 10.0 Å². The predicted octanol–water partition coefficient (Wildman–Crippen LogP) is 4.94. The zero-order chi connectivity index (χ0) is 30.4. The van der Waals surface area contributed by atoms with Gasteiger partial charge in [0.05, 0.1) is 10.6 Å². The lowest BCUT2D eigenvalue weighted by Gasteiger charge is -2.34. The van der Waals surface area contributed by atoms with Gasteiger partial charge in [0, 0.05) is 61.0 Å². The van der Waals surface area contributed by atoms with Crippen LogP contribution < -0.4 is 10.0 Å². The number of hydrogen-bond donors (Lipinski definition) is 2. The van der Waals surface area contributed by atoms with E-state index >= 15 is 0 Å². The van der Waals surface area contributed by atoms with Crippen molar-refractivity contribution in [3.05, 3.63) is 108 Å². The smallest absolute Gasteiger partial charge is 0.261 e. The molecule has 2 amide bonds. The van der Waals surface area contributed by atoms with Crippen LogP contribution in [-0.2, 0) is 14.8 Å². The second kappa shape index (κ2) is 12.9. The van der Waals surface area contributed by atoms with E-state index in [-0.39, 0.29) is 16.7 Å². The molecule has 1 fully saturated rings. The molecule has 11 heteroatoms. The molecule has 0 saturated carbocycles. The molecule has 0 bridgehead atoms. The minimum absolute atomic E-state index is 0.0166. The Labute approximate surface area is 251 Å². The van der Waals surface area contributed by atoms with Gasteiger partial charge in [-0.2, -0.15) is 0 Å². The molecule has 1 aliphatic rings. The van der Waals surface area contributed by atoms with E-state index in [2.05, 4.69) is 20.0 Å². The average molecular weight is 597 g/mol. The standard InChI is InChI=1S/C32H32N6O4S/c1-23(2)22-30(39)37-18-20-38(21-19-37)31(40)25-10-12-26(13-11-25)34-32-33-17-16-29(35-32)24-8-14-27(15-9-24)36-43(41,42)28-6-4-3-5-7-28/h3-17,22,36H,18-21H2,1-2H3,(H,33,34,35). The fourth-order valence-electron chi connectivity index (χ4n) is 4.58. The van der Waals surface area contributed by atoms with E-state index in [9.17, 15) is 18.0 Å². The van der Waals surface area contributed by atoms with Crippen molar-refractivity contribution in [1.82, 2.24) is 19.8 Å². The summed E-state index contributed by atoms with van der Waals surface area (Å²) in [4.78, 5) is 37.9. The van der Waals surface area contributed by atoms with Crippen molar-refractivity contribution in [2.24, 2.45) is 0 Å². The van der Waals surface area contributed by atoms with Crippen LogP contribution in [0.3, 0.4) is 0 Å². The first-order valence-corrected chi connectivity index (χ1v) is 15.3. The van der Waals surface area contributed by atoms with Crippen LogP contribution >= 0.6 is 0 Å².